The molecular weight excluding hydrogens is 208 g/mol. The van der Waals surface area contributed by atoms with Gasteiger partial charge in [-0.05, 0) is 63.7 Å². The van der Waals surface area contributed by atoms with E-state index in [1.54, 1.807) is 0 Å². The lowest BCUT2D eigenvalue weighted by Gasteiger charge is -2.38. The van der Waals surface area contributed by atoms with Crippen LogP contribution in [0.15, 0.2) is 0 Å². The predicted molar refractivity (Wildman–Crippen MR) is 74.3 cm³/mol. The van der Waals surface area contributed by atoms with Crippen LogP contribution in [0.4, 0.5) is 0 Å². The first kappa shape index (κ1) is 13.4. The van der Waals surface area contributed by atoms with E-state index < -0.39 is 0 Å². The second-order valence-electron chi connectivity index (χ2n) is 5.95. The first-order valence-electron chi connectivity index (χ1n) is 7.79. The van der Waals surface area contributed by atoms with Gasteiger partial charge in [0.05, 0.1) is 0 Å². The molecule has 0 radical (unpaired) electrons. The molecule has 1 aliphatic carbocycles. The highest BCUT2D eigenvalue weighted by Gasteiger charge is 2.32. The number of likely N-dealkylation sites (tertiary alicyclic amines) is 1. The fraction of sp³-hybridized carbons (Fsp3) is 1.00. The zero-order valence-corrected chi connectivity index (χ0v) is 11.8. The Morgan fingerprint density at radius 3 is 2.47 bits per heavy atom. The molecule has 100 valence electrons. The monoisotopic (exact) mass is 238 g/mol. The van der Waals surface area contributed by atoms with Crippen LogP contribution in [-0.4, -0.2) is 37.1 Å². The van der Waals surface area contributed by atoms with Crippen molar-refractivity contribution in [1.82, 2.24) is 10.2 Å². The fourth-order valence-electron chi connectivity index (χ4n) is 3.81. The molecule has 1 heterocycles. The highest BCUT2D eigenvalue weighted by Crippen LogP contribution is 2.34. The van der Waals surface area contributed by atoms with Gasteiger partial charge in [0.15, 0.2) is 0 Å². The molecule has 0 aromatic carbocycles. The Bertz CT molecular complexity index is 209. The van der Waals surface area contributed by atoms with Crippen molar-refractivity contribution >= 4 is 0 Å². The second kappa shape index (κ2) is 6.75. The van der Waals surface area contributed by atoms with Gasteiger partial charge in [0.2, 0.25) is 0 Å². The van der Waals surface area contributed by atoms with E-state index in [9.17, 15) is 0 Å². The van der Waals surface area contributed by atoms with Crippen LogP contribution in [0.1, 0.15) is 52.4 Å². The summed E-state index contributed by atoms with van der Waals surface area (Å²) in [5.41, 5.74) is 0. The van der Waals surface area contributed by atoms with Crippen LogP contribution in [0.2, 0.25) is 0 Å². The summed E-state index contributed by atoms with van der Waals surface area (Å²) in [6, 6.07) is 0.931. The molecule has 0 spiro atoms. The van der Waals surface area contributed by atoms with Gasteiger partial charge >= 0.3 is 0 Å². The SMILES string of the molecule is CCNCC1CCN(C2CCCC2CC)CC1. The van der Waals surface area contributed by atoms with Crippen LogP contribution in [-0.2, 0) is 0 Å². The van der Waals surface area contributed by atoms with Gasteiger partial charge in [-0.3, -0.25) is 0 Å². The maximum absolute atomic E-state index is 3.50. The van der Waals surface area contributed by atoms with Crippen molar-refractivity contribution in [3.8, 4) is 0 Å². The molecule has 2 aliphatic rings. The van der Waals surface area contributed by atoms with Gasteiger partial charge in [0, 0.05) is 6.04 Å². The van der Waals surface area contributed by atoms with E-state index in [0.29, 0.717) is 0 Å². The smallest absolute Gasteiger partial charge is 0.0123 e. The van der Waals surface area contributed by atoms with Crippen molar-refractivity contribution in [3.63, 3.8) is 0 Å². The summed E-state index contributed by atoms with van der Waals surface area (Å²) in [7, 11) is 0. The Morgan fingerprint density at radius 2 is 1.82 bits per heavy atom. The summed E-state index contributed by atoms with van der Waals surface area (Å²) >= 11 is 0. The molecule has 2 rings (SSSR count). The number of nitrogens with one attached hydrogen (secondary N) is 1. The van der Waals surface area contributed by atoms with E-state index in [4.69, 9.17) is 0 Å². The van der Waals surface area contributed by atoms with Crippen molar-refractivity contribution in [3.05, 3.63) is 0 Å². The molecule has 0 aromatic rings. The number of hydrogen-bond acceptors (Lipinski definition) is 2. The average Bonchev–Trinajstić information content (AvgIpc) is 2.85. The topological polar surface area (TPSA) is 15.3 Å². The minimum absolute atomic E-state index is 0.931. The molecule has 1 saturated heterocycles. The lowest BCUT2D eigenvalue weighted by atomic mass is 9.92. The first-order valence-corrected chi connectivity index (χ1v) is 7.79. The van der Waals surface area contributed by atoms with E-state index in [0.717, 1.165) is 24.4 Å². The van der Waals surface area contributed by atoms with Gasteiger partial charge in [-0.15, -0.1) is 0 Å². The van der Waals surface area contributed by atoms with Crippen LogP contribution in [0.5, 0.6) is 0 Å². The molecule has 2 heteroatoms. The second-order valence-corrected chi connectivity index (χ2v) is 5.95. The van der Waals surface area contributed by atoms with Crippen LogP contribution < -0.4 is 5.32 Å². The number of piperidine rings is 1. The van der Waals surface area contributed by atoms with Crippen molar-refractivity contribution in [2.75, 3.05) is 26.2 Å². The summed E-state index contributed by atoms with van der Waals surface area (Å²) < 4.78 is 0. The van der Waals surface area contributed by atoms with E-state index in [-0.39, 0.29) is 0 Å². The highest BCUT2D eigenvalue weighted by atomic mass is 15.2. The standard InChI is InChI=1S/C15H30N2/c1-3-14-6-5-7-15(14)17-10-8-13(9-11-17)12-16-4-2/h13-16H,3-12H2,1-2H3. The maximum Gasteiger partial charge on any atom is 0.0123 e. The van der Waals surface area contributed by atoms with Gasteiger partial charge in [-0.1, -0.05) is 26.7 Å². The molecule has 2 nitrogen and oxygen atoms in total. The van der Waals surface area contributed by atoms with Crippen LogP contribution in [0.3, 0.4) is 0 Å². The Hall–Kier alpha value is -0.0800. The van der Waals surface area contributed by atoms with Crippen molar-refractivity contribution in [1.29, 1.82) is 0 Å². The van der Waals surface area contributed by atoms with Gasteiger partial charge in [0.25, 0.3) is 0 Å². The normalized spacial score (nSPS) is 32.1. The highest BCUT2D eigenvalue weighted by molar-refractivity contribution is 4.87. The summed E-state index contributed by atoms with van der Waals surface area (Å²) in [5, 5.41) is 3.50. The Kier molecular flexibility index (Phi) is 5.30. The van der Waals surface area contributed by atoms with Crippen LogP contribution in [0, 0.1) is 11.8 Å². The summed E-state index contributed by atoms with van der Waals surface area (Å²) in [5.74, 6) is 1.94. The van der Waals surface area contributed by atoms with E-state index >= 15 is 0 Å². The van der Waals surface area contributed by atoms with E-state index in [2.05, 4.69) is 24.1 Å². The minimum atomic E-state index is 0.931. The molecule has 2 fully saturated rings. The molecule has 17 heavy (non-hydrogen) atoms. The van der Waals surface area contributed by atoms with Crippen molar-refractivity contribution < 1.29 is 0 Å². The molecule has 0 aromatic heterocycles. The maximum atomic E-state index is 3.50. The lowest BCUT2D eigenvalue weighted by molar-refractivity contribution is 0.106. The summed E-state index contributed by atoms with van der Waals surface area (Å²) in [6.07, 6.45) is 8.65. The lowest BCUT2D eigenvalue weighted by Crippen LogP contribution is -2.44. The average molecular weight is 238 g/mol. The molecule has 2 atom stereocenters. The Morgan fingerprint density at radius 1 is 1.06 bits per heavy atom. The minimum Gasteiger partial charge on any atom is -0.317 e. The van der Waals surface area contributed by atoms with Gasteiger partial charge in [-0.25, -0.2) is 0 Å². The third kappa shape index (κ3) is 3.45. The molecule has 1 aliphatic heterocycles. The molecular formula is C15H30N2. The van der Waals surface area contributed by atoms with Crippen molar-refractivity contribution in [2.45, 2.75) is 58.4 Å². The van der Waals surface area contributed by atoms with Crippen LogP contribution >= 0.6 is 0 Å². The first-order chi connectivity index (χ1) is 8.35. The molecule has 1 saturated carbocycles. The molecule has 0 bridgehead atoms. The molecule has 0 amide bonds. The third-order valence-electron chi connectivity index (χ3n) is 4.94. The predicted octanol–water partition coefficient (Wildman–Crippen LogP) is 2.89. The van der Waals surface area contributed by atoms with Gasteiger partial charge < -0.3 is 10.2 Å². The number of hydrogen-bond donors (Lipinski definition) is 1. The third-order valence-corrected chi connectivity index (χ3v) is 4.94. The summed E-state index contributed by atoms with van der Waals surface area (Å²) in [4.78, 5) is 2.81. The van der Waals surface area contributed by atoms with E-state index in [1.165, 1.54) is 58.2 Å². The van der Waals surface area contributed by atoms with Crippen molar-refractivity contribution in [2.24, 2.45) is 11.8 Å². The number of rotatable bonds is 5. The largest absolute Gasteiger partial charge is 0.317 e. The molecule has 1 N–H and O–H groups in total. The fourth-order valence-corrected chi connectivity index (χ4v) is 3.81. The molecule has 2 unspecified atom stereocenters. The van der Waals surface area contributed by atoms with Gasteiger partial charge in [0.1, 0.15) is 0 Å². The number of nitrogens with zero attached hydrogens (tertiary/aromatic N) is 1. The Balaban J connectivity index is 1.74. The van der Waals surface area contributed by atoms with E-state index in [1.807, 2.05) is 0 Å². The van der Waals surface area contributed by atoms with Crippen LogP contribution in [0.25, 0.3) is 0 Å². The summed E-state index contributed by atoms with van der Waals surface area (Å²) in [6.45, 7) is 9.67. The quantitative estimate of drug-likeness (QED) is 0.792. The zero-order valence-electron chi connectivity index (χ0n) is 11.8. The Labute approximate surface area is 107 Å². The zero-order chi connectivity index (χ0) is 12.1. The van der Waals surface area contributed by atoms with Gasteiger partial charge in [-0.2, -0.15) is 0 Å².